The Morgan fingerprint density at radius 1 is 0.905 bits per heavy atom. The topological polar surface area (TPSA) is 34.1 Å². The number of hydrogen-bond acceptors (Lipinski definition) is 2. The SMILES string of the molecule is CC1=CC(C)(C)C(C)C1=O.CC1=CC(C)(C)CC(C)C1=O. The van der Waals surface area contributed by atoms with Gasteiger partial charge in [-0.1, -0.05) is 53.7 Å². The van der Waals surface area contributed by atoms with E-state index in [1.165, 1.54) is 0 Å². The van der Waals surface area contributed by atoms with Crippen LogP contribution in [0.15, 0.2) is 23.3 Å². The Labute approximate surface area is 129 Å². The molecule has 0 fully saturated rings. The van der Waals surface area contributed by atoms with Gasteiger partial charge >= 0.3 is 0 Å². The van der Waals surface area contributed by atoms with E-state index in [4.69, 9.17) is 0 Å². The fraction of sp³-hybridized carbons (Fsp3) is 0.684. The third-order valence-corrected chi connectivity index (χ3v) is 4.76. The summed E-state index contributed by atoms with van der Waals surface area (Å²) in [6.45, 7) is 16.4. The van der Waals surface area contributed by atoms with E-state index in [9.17, 15) is 9.59 Å². The van der Waals surface area contributed by atoms with Crippen molar-refractivity contribution in [2.75, 3.05) is 0 Å². The number of allylic oxidation sites excluding steroid dienone is 4. The van der Waals surface area contributed by atoms with Crippen molar-refractivity contribution >= 4 is 11.6 Å². The molecule has 0 N–H and O–H groups in total. The van der Waals surface area contributed by atoms with E-state index in [1.54, 1.807) is 0 Å². The van der Waals surface area contributed by atoms with Crippen LogP contribution in [0.5, 0.6) is 0 Å². The smallest absolute Gasteiger partial charge is 0.161 e. The number of carbonyl (C=O) groups excluding carboxylic acids is 2. The van der Waals surface area contributed by atoms with Gasteiger partial charge in [0.25, 0.3) is 0 Å². The number of rotatable bonds is 0. The van der Waals surface area contributed by atoms with Crippen LogP contribution >= 0.6 is 0 Å². The summed E-state index contributed by atoms with van der Waals surface area (Å²) in [4.78, 5) is 22.6. The van der Waals surface area contributed by atoms with Crippen molar-refractivity contribution in [3.63, 3.8) is 0 Å². The molecule has 0 bridgehead atoms. The van der Waals surface area contributed by atoms with Gasteiger partial charge in [0.15, 0.2) is 11.6 Å². The molecule has 118 valence electrons. The van der Waals surface area contributed by atoms with Crippen LogP contribution in [0.4, 0.5) is 0 Å². The summed E-state index contributed by atoms with van der Waals surface area (Å²) >= 11 is 0. The molecule has 0 aromatic rings. The number of ketones is 2. The standard InChI is InChI=1S/C10H16O.C9H14O/c1-7-5-10(3,4)6-8(2)9(7)11;1-6-5-9(3,4)7(2)8(6)10/h5,8H,6H2,1-4H3;5,7H,1-4H3. The van der Waals surface area contributed by atoms with Gasteiger partial charge in [0.05, 0.1) is 0 Å². The lowest BCUT2D eigenvalue weighted by Crippen LogP contribution is -2.26. The van der Waals surface area contributed by atoms with Crippen LogP contribution in [-0.2, 0) is 9.59 Å². The maximum Gasteiger partial charge on any atom is 0.161 e. The van der Waals surface area contributed by atoms with E-state index in [1.807, 2.05) is 27.7 Å². The third-order valence-electron chi connectivity index (χ3n) is 4.76. The molecule has 2 heteroatoms. The molecule has 2 atom stereocenters. The summed E-state index contributed by atoms with van der Waals surface area (Å²) < 4.78 is 0. The van der Waals surface area contributed by atoms with E-state index in [2.05, 4.69) is 39.8 Å². The predicted molar refractivity (Wildman–Crippen MR) is 88.0 cm³/mol. The van der Waals surface area contributed by atoms with Crippen molar-refractivity contribution < 1.29 is 9.59 Å². The summed E-state index contributed by atoms with van der Waals surface area (Å²) in [6.07, 6.45) is 5.15. The minimum Gasteiger partial charge on any atom is -0.294 e. The van der Waals surface area contributed by atoms with E-state index in [-0.39, 0.29) is 22.7 Å². The molecule has 0 saturated heterocycles. The molecule has 0 aromatic carbocycles. The zero-order valence-corrected chi connectivity index (χ0v) is 14.8. The Morgan fingerprint density at radius 2 is 1.38 bits per heavy atom. The van der Waals surface area contributed by atoms with Crippen LogP contribution < -0.4 is 0 Å². The van der Waals surface area contributed by atoms with Gasteiger partial charge in [0.1, 0.15) is 0 Å². The lowest BCUT2D eigenvalue weighted by atomic mass is 9.74. The van der Waals surface area contributed by atoms with Gasteiger partial charge in [-0.2, -0.15) is 0 Å². The summed E-state index contributed by atoms with van der Waals surface area (Å²) in [7, 11) is 0. The highest BCUT2D eigenvalue weighted by molar-refractivity contribution is 5.99. The van der Waals surface area contributed by atoms with Crippen LogP contribution in [-0.4, -0.2) is 11.6 Å². The zero-order chi connectivity index (χ0) is 16.6. The first kappa shape index (κ1) is 17.9. The van der Waals surface area contributed by atoms with E-state index >= 15 is 0 Å². The van der Waals surface area contributed by atoms with Gasteiger partial charge in [-0.25, -0.2) is 0 Å². The summed E-state index contributed by atoms with van der Waals surface area (Å²) in [5.41, 5.74) is 2.17. The molecule has 0 spiro atoms. The van der Waals surface area contributed by atoms with Crippen LogP contribution in [0.2, 0.25) is 0 Å². The van der Waals surface area contributed by atoms with E-state index in [0.717, 1.165) is 17.6 Å². The molecule has 0 aliphatic heterocycles. The molecule has 2 unspecified atom stereocenters. The number of hydrogen-bond donors (Lipinski definition) is 0. The molecule has 0 heterocycles. The number of Topliss-reactive ketones (excluding diaryl/α,β-unsaturated/α-hetero) is 2. The largest absolute Gasteiger partial charge is 0.294 e. The van der Waals surface area contributed by atoms with E-state index < -0.39 is 0 Å². The van der Waals surface area contributed by atoms with Gasteiger partial charge in [-0.05, 0) is 42.2 Å². The van der Waals surface area contributed by atoms with Crippen molar-refractivity contribution in [2.24, 2.45) is 22.7 Å². The Hall–Kier alpha value is -1.18. The van der Waals surface area contributed by atoms with Crippen molar-refractivity contribution in [2.45, 2.75) is 61.8 Å². The molecule has 21 heavy (non-hydrogen) atoms. The Kier molecular flexibility index (Phi) is 5.02. The van der Waals surface area contributed by atoms with Crippen molar-refractivity contribution in [3.8, 4) is 0 Å². The van der Waals surface area contributed by atoms with Crippen molar-refractivity contribution in [1.82, 2.24) is 0 Å². The molecule has 2 aliphatic carbocycles. The van der Waals surface area contributed by atoms with Gasteiger partial charge in [0.2, 0.25) is 0 Å². The highest BCUT2D eigenvalue weighted by Gasteiger charge is 2.35. The fourth-order valence-electron chi connectivity index (χ4n) is 3.42. The maximum absolute atomic E-state index is 11.3. The summed E-state index contributed by atoms with van der Waals surface area (Å²) in [6, 6.07) is 0. The maximum atomic E-state index is 11.3. The second-order valence-corrected chi connectivity index (χ2v) is 8.02. The molecule has 2 rings (SSSR count). The van der Waals surface area contributed by atoms with E-state index in [0.29, 0.717) is 11.6 Å². The molecule has 2 aliphatic rings. The van der Waals surface area contributed by atoms with Crippen LogP contribution in [0.25, 0.3) is 0 Å². The quantitative estimate of drug-likeness (QED) is 0.645. The van der Waals surface area contributed by atoms with Crippen LogP contribution in [0, 0.1) is 22.7 Å². The second-order valence-electron chi connectivity index (χ2n) is 8.02. The summed E-state index contributed by atoms with van der Waals surface area (Å²) in [5, 5.41) is 0. The molecule has 0 aromatic heterocycles. The second kappa shape index (κ2) is 5.90. The highest BCUT2D eigenvalue weighted by atomic mass is 16.1. The Bertz CT molecular complexity index is 504. The molecule has 0 radical (unpaired) electrons. The van der Waals surface area contributed by atoms with Crippen LogP contribution in [0.3, 0.4) is 0 Å². The van der Waals surface area contributed by atoms with Gasteiger partial charge < -0.3 is 0 Å². The zero-order valence-electron chi connectivity index (χ0n) is 14.8. The van der Waals surface area contributed by atoms with Gasteiger partial charge in [-0.3, -0.25) is 9.59 Å². The minimum absolute atomic E-state index is 0.0845. The monoisotopic (exact) mass is 290 g/mol. The Morgan fingerprint density at radius 3 is 1.67 bits per heavy atom. The lowest BCUT2D eigenvalue weighted by Gasteiger charge is -2.29. The fourth-order valence-corrected chi connectivity index (χ4v) is 3.42. The molecule has 0 saturated carbocycles. The average molecular weight is 290 g/mol. The first-order valence-electron chi connectivity index (χ1n) is 7.85. The third kappa shape index (κ3) is 4.15. The number of carbonyl (C=O) groups is 2. The summed E-state index contributed by atoms with van der Waals surface area (Å²) in [5.74, 6) is 1.02. The van der Waals surface area contributed by atoms with Crippen molar-refractivity contribution in [3.05, 3.63) is 23.3 Å². The first-order valence-corrected chi connectivity index (χ1v) is 7.85. The highest BCUT2D eigenvalue weighted by Crippen LogP contribution is 2.37. The predicted octanol–water partition coefficient (Wildman–Crippen LogP) is 4.75. The average Bonchev–Trinajstić information content (AvgIpc) is 2.49. The Balaban J connectivity index is 0.000000211. The lowest BCUT2D eigenvalue weighted by molar-refractivity contribution is -0.120. The molecular formula is C19H30O2. The molecule has 0 amide bonds. The molecular weight excluding hydrogens is 260 g/mol. The minimum atomic E-state index is 0.0845. The van der Waals surface area contributed by atoms with Crippen molar-refractivity contribution in [1.29, 1.82) is 0 Å². The van der Waals surface area contributed by atoms with Gasteiger partial charge in [-0.15, -0.1) is 0 Å². The van der Waals surface area contributed by atoms with Gasteiger partial charge in [0, 0.05) is 11.8 Å². The van der Waals surface area contributed by atoms with Crippen LogP contribution in [0.1, 0.15) is 61.8 Å². The molecule has 2 nitrogen and oxygen atoms in total. The normalized spacial score (nSPS) is 30.3. The first-order chi connectivity index (χ1) is 9.37.